The van der Waals surface area contributed by atoms with E-state index >= 15 is 0 Å². The first kappa shape index (κ1) is 18.9. The first-order valence-corrected chi connectivity index (χ1v) is 8.88. The number of methoxy groups -OCH3 is 2. The normalized spacial score (nSPS) is 31.1. The van der Waals surface area contributed by atoms with Gasteiger partial charge in [-0.15, -0.1) is 0 Å². The van der Waals surface area contributed by atoms with Crippen LogP contribution in [0.25, 0.3) is 0 Å². The van der Waals surface area contributed by atoms with Crippen molar-refractivity contribution in [2.24, 2.45) is 10.8 Å². The number of fused-ring (bicyclic) bond motifs is 1. The lowest BCUT2D eigenvalue weighted by Gasteiger charge is -2.38. The van der Waals surface area contributed by atoms with Gasteiger partial charge in [-0.2, -0.15) is 0 Å². The van der Waals surface area contributed by atoms with E-state index in [9.17, 15) is 9.59 Å². The molecule has 0 spiro atoms. The molecule has 0 aromatic heterocycles. The lowest BCUT2D eigenvalue weighted by molar-refractivity contribution is -0.147. The highest BCUT2D eigenvalue weighted by Gasteiger charge is 2.62. The maximum absolute atomic E-state index is 12.6. The predicted octanol–water partition coefficient (Wildman–Crippen LogP) is 3.51. The lowest BCUT2D eigenvalue weighted by Crippen LogP contribution is -2.41. The topological polar surface area (TPSA) is 61.8 Å². The van der Waals surface area contributed by atoms with Crippen LogP contribution in [0, 0.1) is 10.8 Å². The zero-order valence-electron chi connectivity index (χ0n) is 15.4. The number of carbonyl (C=O) groups excluding carboxylic acids is 2. The summed E-state index contributed by atoms with van der Waals surface area (Å²) in [5.74, 6) is -1.32. The highest BCUT2D eigenvalue weighted by Crippen LogP contribution is 2.61. The molecule has 1 aromatic carbocycles. The molecule has 0 radical (unpaired) electrons. The van der Waals surface area contributed by atoms with Crippen LogP contribution in [0.3, 0.4) is 0 Å². The highest BCUT2D eigenvalue weighted by atomic mass is 35.5. The van der Waals surface area contributed by atoms with Gasteiger partial charge in [0.1, 0.15) is 5.92 Å². The standard InChI is InChI=1S/C20H23ClO5/c1-19-9-13(17(22)24-3)10-20(19,2)16(26-11-19)15(18(23)25-4)12-5-7-14(21)8-6-12/h5-8,10,15-16H,9,11H2,1-4H3/t15?,16-,19-,20+/m1/s1. The number of hydrogen-bond acceptors (Lipinski definition) is 5. The summed E-state index contributed by atoms with van der Waals surface area (Å²) < 4.78 is 16.1. The van der Waals surface area contributed by atoms with Crippen LogP contribution in [0.2, 0.25) is 5.02 Å². The van der Waals surface area contributed by atoms with E-state index < -0.39 is 17.4 Å². The number of ether oxygens (including phenoxy) is 3. The fourth-order valence-corrected chi connectivity index (χ4v) is 4.34. The van der Waals surface area contributed by atoms with Gasteiger partial charge in [0.25, 0.3) is 0 Å². The molecule has 3 rings (SSSR count). The Morgan fingerprint density at radius 3 is 2.42 bits per heavy atom. The summed E-state index contributed by atoms with van der Waals surface area (Å²) in [6.07, 6.45) is 2.02. The molecule has 1 aliphatic heterocycles. The van der Waals surface area contributed by atoms with E-state index in [0.29, 0.717) is 23.6 Å². The molecule has 0 N–H and O–H groups in total. The summed E-state index contributed by atoms with van der Waals surface area (Å²) >= 11 is 5.99. The molecular formula is C20H23ClO5. The largest absolute Gasteiger partial charge is 0.468 e. The zero-order chi connectivity index (χ0) is 19.1. The minimum atomic E-state index is -0.614. The number of esters is 2. The molecule has 2 aliphatic rings. The van der Waals surface area contributed by atoms with Gasteiger partial charge in [0.2, 0.25) is 0 Å². The molecule has 1 fully saturated rings. The van der Waals surface area contributed by atoms with Crippen molar-refractivity contribution < 1.29 is 23.8 Å². The molecule has 0 saturated carbocycles. The first-order chi connectivity index (χ1) is 12.3. The van der Waals surface area contributed by atoms with Crippen molar-refractivity contribution in [1.82, 2.24) is 0 Å². The van der Waals surface area contributed by atoms with Crippen LogP contribution < -0.4 is 0 Å². The van der Waals surface area contributed by atoms with Gasteiger partial charge in [0.05, 0.1) is 26.9 Å². The average Bonchev–Trinajstić information content (AvgIpc) is 3.03. The molecule has 5 nitrogen and oxygen atoms in total. The second kappa shape index (κ2) is 6.71. The van der Waals surface area contributed by atoms with Crippen molar-refractivity contribution in [2.45, 2.75) is 32.3 Å². The summed E-state index contributed by atoms with van der Waals surface area (Å²) in [5.41, 5.74) is 0.608. The van der Waals surface area contributed by atoms with Gasteiger partial charge in [0.15, 0.2) is 0 Å². The summed E-state index contributed by atoms with van der Waals surface area (Å²) in [6, 6.07) is 7.11. The van der Waals surface area contributed by atoms with Gasteiger partial charge in [-0.05, 0) is 24.1 Å². The Morgan fingerprint density at radius 1 is 1.19 bits per heavy atom. The highest BCUT2D eigenvalue weighted by molar-refractivity contribution is 6.30. The fourth-order valence-electron chi connectivity index (χ4n) is 4.21. The average molecular weight is 379 g/mol. The van der Waals surface area contributed by atoms with Crippen molar-refractivity contribution in [1.29, 1.82) is 0 Å². The van der Waals surface area contributed by atoms with Crippen LogP contribution in [0.15, 0.2) is 35.9 Å². The zero-order valence-corrected chi connectivity index (χ0v) is 16.1. The van der Waals surface area contributed by atoms with Gasteiger partial charge in [0, 0.05) is 21.4 Å². The second-order valence-electron chi connectivity index (χ2n) is 7.47. The number of carbonyl (C=O) groups is 2. The maximum Gasteiger partial charge on any atom is 0.333 e. The van der Waals surface area contributed by atoms with Crippen LogP contribution in [0.4, 0.5) is 0 Å². The first-order valence-electron chi connectivity index (χ1n) is 8.51. The molecule has 1 aromatic rings. The quantitative estimate of drug-likeness (QED) is 0.750. The monoisotopic (exact) mass is 378 g/mol. The molecule has 140 valence electrons. The predicted molar refractivity (Wildman–Crippen MR) is 96.9 cm³/mol. The number of benzene rings is 1. The van der Waals surface area contributed by atoms with Crippen LogP contribution >= 0.6 is 11.6 Å². The number of rotatable bonds is 4. The van der Waals surface area contributed by atoms with Gasteiger partial charge >= 0.3 is 11.9 Å². The molecule has 1 aliphatic carbocycles. The van der Waals surface area contributed by atoms with Gasteiger partial charge in [-0.3, -0.25) is 4.79 Å². The van der Waals surface area contributed by atoms with E-state index in [1.54, 1.807) is 12.1 Å². The fraction of sp³-hybridized carbons (Fsp3) is 0.500. The molecule has 1 unspecified atom stereocenters. The van der Waals surface area contributed by atoms with Crippen molar-refractivity contribution >= 4 is 23.5 Å². The van der Waals surface area contributed by atoms with Crippen LogP contribution in [-0.2, 0) is 23.8 Å². The summed E-state index contributed by atoms with van der Waals surface area (Å²) in [6.45, 7) is 4.56. The van der Waals surface area contributed by atoms with E-state index in [1.807, 2.05) is 25.1 Å². The van der Waals surface area contributed by atoms with Crippen molar-refractivity contribution in [3.63, 3.8) is 0 Å². The van der Waals surface area contributed by atoms with E-state index in [4.69, 9.17) is 25.8 Å². The SMILES string of the molecule is COC(=O)C1=C[C@@]2(C)[C@@H](C(C(=O)OC)c3ccc(Cl)cc3)OC[C@@]2(C)C1. The number of halogens is 1. The maximum atomic E-state index is 12.6. The Bertz CT molecular complexity index is 756. The van der Waals surface area contributed by atoms with Crippen molar-refractivity contribution in [3.05, 3.63) is 46.5 Å². The van der Waals surface area contributed by atoms with E-state index in [1.165, 1.54) is 14.2 Å². The third-order valence-corrected chi connectivity index (χ3v) is 6.21. The van der Waals surface area contributed by atoms with E-state index in [-0.39, 0.29) is 17.4 Å². The smallest absolute Gasteiger partial charge is 0.333 e. The van der Waals surface area contributed by atoms with Gasteiger partial charge in [-0.1, -0.05) is 43.7 Å². The van der Waals surface area contributed by atoms with Crippen molar-refractivity contribution in [2.75, 3.05) is 20.8 Å². The minimum absolute atomic E-state index is 0.292. The molecular weight excluding hydrogens is 356 g/mol. The van der Waals surface area contributed by atoms with Crippen LogP contribution in [0.1, 0.15) is 31.7 Å². The van der Waals surface area contributed by atoms with Crippen LogP contribution in [0.5, 0.6) is 0 Å². The van der Waals surface area contributed by atoms with Gasteiger partial charge in [-0.25, -0.2) is 4.79 Å². The molecule has 4 atom stereocenters. The Hall–Kier alpha value is -1.85. The Morgan fingerprint density at radius 2 is 1.85 bits per heavy atom. The summed E-state index contributed by atoms with van der Waals surface area (Å²) in [7, 11) is 2.74. The molecule has 26 heavy (non-hydrogen) atoms. The Balaban J connectivity index is 2.05. The molecule has 0 amide bonds. The molecule has 1 heterocycles. The second-order valence-corrected chi connectivity index (χ2v) is 7.90. The van der Waals surface area contributed by atoms with Crippen molar-refractivity contribution in [3.8, 4) is 0 Å². The Kier molecular flexibility index (Phi) is 4.88. The van der Waals surface area contributed by atoms with Crippen LogP contribution in [-0.4, -0.2) is 38.9 Å². The van der Waals surface area contributed by atoms with Gasteiger partial charge < -0.3 is 14.2 Å². The number of hydrogen-bond donors (Lipinski definition) is 0. The molecule has 1 saturated heterocycles. The molecule has 6 heteroatoms. The minimum Gasteiger partial charge on any atom is -0.468 e. The van der Waals surface area contributed by atoms with E-state index in [2.05, 4.69) is 6.92 Å². The third-order valence-electron chi connectivity index (χ3n) is 5.96. The Labute approximate surface area is 158 Å². The van der Waals surface area contributed by atoms with E-state index in [0.717, 1.165) is 5.56 Å². The lowest BCUT2D eigenvalue weighted by atomic mass is 9.64. The molecule has 0 bridgehead atoms. The third kappa shape index (κ3) is 2.83. The summed E-state index contributed by atoms with van der Waals surface area (Å²) in [5, 5.41) is 0.592. The summed E-state index contributed by atoms with van der Waals surface area (Å²) in [4.78, 5) is 24.7.